The Hall–Kier alpha value is -2.02. The minimum absolute atomic E-state index is 0.0167. The minimum atomic E-state index is -0.397. The fraction of sp³-hybridized carbons (Fsp3) is 0.500. The predicted molar refractivity (Wildman–Crippen MR) is 98.8 cm³/mol. The number of hydrogen-bond acceptors (Lipinski definition) is 5. The number of ether oxygens (including phenoxy) is 1. The third-order valence-electron chi connectivity index (χ3n) is 3.65. The lowest BCUT2D eigenvalue weighted by Gasteiger charge is -2.27. The van der Waals surface area contributed by atoms with Crippen molar-refractivity contribution in [3.8, 4) is 5.75 Å². The van der Waals surface area contributed by atoms with E-state index < -0.39 is 5.92 Å². The molecule has 1 aliphatic rings. The third-order valence-corrected chi connectivity index (χ3v) is 4.71. The molecule has 2 rings (SSSR count). The van der Waals surface area contributed by atoms with Gasteiger partial charge in [0.15, 0.2) is 5.12 Å². The lowest BCUT2D eigenvalue weighted by molar-refractivity contribution is -0.126. The van der Waals surface area contributed by atoms with Crippen LogP contribution in [0.15, 0.2) is 24.3 Å². The summed E-state index contributed by atoms with van der Waals surface area (Å²) in [6.07, 6.45) is 0.213. The molecular weight excluding hydrogens is 340 g/mol. The second kappa shape index (κ2) is 7.91. The van der Waals surface area contributed by atoms with Crippen molar-refractivity contribution in [1.82, 2.24) is 5.32 Å². The predicted octanol–water partition coefficient (Wildman–Crippen LogP) is 2.22. The fourth-order valence-corrected chi connectivity index (χ4v) is 3.53. The van der Waals surface area contributed by atoms with Gasteiger partial charge in [0.05, 0.1) is 13.0 Å². The Labute approximate surface area is 152 Å². The van der Waals surface area contributed by atoms with Crippen LogP contribution in [0.3, 0.4) is 0 Å². The highest BCUT2D eigenvalue weighted by Crippen LogP contribution is 2.29. The second-order valence-electron chi connectivity index (χ2n) is 7.01. The Morgan fingerprint density at radius 1 is 1.36 bits per heavy atom. The Bertz CT molecular complexity index is 669. The third kappa shape index (κ3) is 5.49. The molecular formula is C18H24N2O4S. The van der Waals surface area contributed by atoms with Gasteiger partial charge in [-0.2, -0.15) is 0 Å². The molecule has 2 amide bonds. The first-order valence-corrected chi connectivity index (χ1v) is 9.10. The van der Waals surface area contributed by atoms with E-state index in [1.54, 1.807) is 31.4 Å². The number of nitrogens with zero attached hydrogens (tertiary/aromatic N) is 1. The Balaban J connectivity index is 2.25. The van der Waals surface area contributed by atoms with E-state index in [0.29, 0.717) is 17.2 Å². The lowest BCUT2D eigenvalue weighted by Crippen LogP contribution is -2.48. The van der Waals surface area contributed by atoms with Crippen LogP contribution in [0.1, 0.15) is 27.2 Å². The first-order valence-electron chi connectivity index (χ1n) is 8.11. The van der Waals surface area contributed by atoms with Gasteiger partial charge in [-0.25, -0.2) is 0 Å². The summed E-state index contributed by atoms with van der Waals surface area (Å²) < 4.78 is 5.22. The van der Waals surface area contributed by atoms with Gasteiger partial charge < -0.3 is 15.0 Å². The molecule has 1 aromatic rings. The zero-order valence-corrected chi connectivity index (χ0v) is 15.8. The van der Waals surface area contributed by atoms with E-state index in [2.05, 4.69) is 5.32 Å². The molecule has 1 fully saturated rings. The highest BCUT2D eigenvalue weighted by atomic mass is 32.2. The van der Waals surface area contributed by atoms with Crippen LogP contribution < -0.4 is 15.0 Å². The van der Waals surface area contributed by atoms with Gasteiger partial charge in [0.1, 0.15) is 12.3 Å². The molecule has 1 heterocycles. The molecule has 25 heavy (non-hydrogen) atoms. The van der Waals surface area contributed by atoms with Crippen molar-refractivity contribution in [2.45, 2.75) is 32.7 Å². The largest absolute Gasteiger partial charge is 0.497 e. The highest BCUT2D eigenvalue weighted by Gasteiger charge is 2.34. The Kier molecular flexibility index (Phi) is 6.11. The van der Waals surface area contributed by atoms with Crippen LogP contribution in [0.2, 0.25) is 0 Å². The summed E-state index contributed by atoms with van der Waals surface area (Å²) in [4.78, 5) is 38.3. The fourth-order valence-electron chi connectivity index (χ4n) is 2.57. The first-order chi connectivity index (χ1) is 11.7. The van der Waals surface area contributed by atoms with Gasteiger partial charge in [0.2, 0.25) is 11.8 Å². The van der Waals surface area contributed by atoms with Crippen molar-refractivity contribution in [2.75, 3.05) is 24.3 Å². The molecule has 0 radical (unpaired) electrons. The Morgan fingerprint density at radius 3 is 2.64 bits per heavy atom. The molecule has 0 aliphatic carbocycles. The first kappa shape index (κ1) is 19.3. The summed E-state index contributed by atoms with van der Waals surface area (Å²) in [6.45, 7) is 5.55. The van der Waals surface area contributed by atoms with Crippen LogP contribution in [0.25, 0.3) is 0 Å². The number of rotatable bonds is 5. The zero-order valence-electron chi connectivity index (χ0n) is 15.0. The number of anilines is 1. The molecule has 1 N–H and O–H groups in total. The van der Waals surface area contributed by atoms with Crippen LogP contribution in [-0.4, -0.2) is 41.9 Å². The van der Waals surface area contributed by atoms with Crippen LogP contribution in [0, 0.1) is 5.92 Å². The number of thioether (sulfide) groups is 1. The van der Waals surface area contributed by atoms with Gasteiger partial charge in [-0.3, -0.25) is 14.4 Å². The molecule has 136 valence electrons. The summed E-state index contributed by atoms with van der Waals surface area (Å²) in [5, 5.41) is 2.88. The molecule has 1 saturated heterocycles. The van der Waals surface area contributed by atoms with Gasteiger partial charge in [-0.1, -0.05) is 17.8 Å². The highest BCUT2D eigenvalue weighted by molar-refractivity contribution is 8.14. The van der Waals surface area contributed by atoms with E-state index in [0.717, 1.165) is 0 Å². The van der Waals surface area contributed by atoms with E-state index in [1.807, 2.05) is 20.8 Å². The monoisotopic (exact) mass is 364 g/mol. The minimum Gasteiger partial charge on any atom is -0.497 e. The van der Waals surface area contributed by atoms with Gasteiger partial charge >= 0.3 is 0 Å². The molecule has 7 heteroatoms. The van der Waals surface area contributed by atoms with E-state index in [1.165, 1.54) is 16.7 Å². The second-order valence-corrected chi connectivity index (χ2v) is 8.09. The number of hydrogen-bond donors (Lipinski definition) is 1. The molecule has 0 spiro atoms. The number of methoxy groups -OCH3 is 1. The van der Waals surface area contributed by atoms with Gasteiger partial charge in [0.25, 0.3) is 0 Å². The van der Waals surface area contributed by atoms with Gasteiger partial charge in [-0.05, 0) is 32.9 Å². The van der Waals surface area contributed by atoms with Crippen molar-refractivity contribution >= 4 is 34.4 Å². The summed E-state index contributed by atoms with van der Waals surface area (Å²) in [6, 6.07) is 7.02. The average Bonchev–Trinajstić information content (AvgIpc) is 2.97. The molecule has 0 aromatic heterocycles. The van der Waals surface area contributed by atoms with Crippen molar-refractivity contribution in [2.24, 2.45) is 5.92 Å². The van der Waals surface area contributed by atoms with Crippen molar-refractivity contribution in [3.63, 3.8) is 0 Å². The number of carbonyl (C=O) groups is 3. The quantitative estimate of drug-likeness (QED) is 0.867. The maximum absolute atomic E-state index is 12.9. The van der Waals surface area contributed by atoms with Crippen LogP contribution in [0.4, 0.5) is 5.69 Å². The number of carbonyl (C=O) groups excluding carboxylic acids is 3. The standard InChI is InChI=1S/C18H24N2O4S/c1-18(2,3)19-15(21)10-20(13-6-5-7-14(9-13)24-4)17(23)12-8-16(22)25-11-12/h5-7,9,12H,8,10-11H2,1-4H3,(H,19,21)/t12-/m0/s1. The number of nitrogens with one attached hydrogen (secondary N) is 1. The smallest absolute Gasteiger partial charge is 0.240 e. The summed E-state index contributed by atoms with van der Waals surface area (Å²) in [5.41, 5.74) is 0.192. The van der Waals surface area contributed by atoms with Crippen LogP contribution in [0.5, 0.6) is 5.75 Å². The number of benzene rings is 1. The topological polar surface area (TPSA) is 75.7 Å². The molecule has 1 aliphatic heterocycles. The molecule has 0 saturated carbocycles. The molecule has 0 bridgehead atoms. The van der Waals surface area contributed by atoms with Gasteiger partial charge in [-0.15, -0.1) is 0 Å². The summed E-state index contributed by atoms with van der Waals surface area (Å²) in [5.74, 6) is 0.199. The van der Waals surface area contributed by atoms with Gasteiger partial charge in [0, 0.05) is 29.5 Å². The molecule has 0 unspecified atom stereocenters. The van der Waals surface area contributed by atoms with Crippen molar-refractivity contribution in [1.29, 1.82) is 0 Å². The maximum Gasteiger partial charge on any atom is 0.240 e. The van der Waals surface area contributed by atoms with E-state index in [-0.39, 0.29) is 35.4 Å². The van der Waals surface area contributed by atoms with Crippen LogP contribution in [-0.2, 0) is 14.4 Å². The van der Waals surface area contributed by atoms with Crippen LogP contribution >= 0.6 is 11.8 Å². The molecule has 1 atom stereocenters. The van der Waals surface area contributed by atoms with Crippen molar-refractivity contribution in [3.05, 3.63) is 24.3 Å². The Morgan fingerprint density at radius 2 is 2.08 bits per heavy atom. The normalized spacial score (nSPS) is 17.3. The lowest BCUT2D eigenvalue weighted by atomic mass is 10.1. The molecule has 6 nitrogen and oxygen atoms in total. The number of amides is 2. The maximum atomic E-state index is 12.9. The summed E-state index contributed by atoms with van der Waals surface area (Å²) >= 11 is 1.17. The van der Waals surface area contributed by atoms with E-state index >= 15 is 0 Å². The van der Waals surface area contributed by atoms with Crippen molar-refractivity contribution < 1.29 is 19.1 Å². The molecule has 1 aromatic carbocycles. The van der Waals surface area contributed by atoms with E-state index in [9.17, 15) is 14.4 Å². The summed E-state index contributed by atoms with van der Waals surface area (Å²) in [7, 11) is 1.55. The van der Waals surface area contributed by atoms with E-state index in [4.69, 9.17) is 4.74 Å². The SMILES string of the molecule is COc1cccc(N(CC(=O)NC(C)(C)C)C(=O)[C@@H]2CSC(=O)C2)c1. The average molecular weight is 364 g/mol. The zero-order chi connectivity index (χ0) is 18.6.